The van der Waals surface area contributed by atoms with Gasteiger partial charge in [0, 0.05) is 12.1 Å². The van der Waals surface area contributed by atoms with Crippen LogP contribution in [0.3, 0.4) is 0 Å². The zero-order valence-corrected chi connectivity index (χ0v) is 12.8. The third-order valence-corrected chi connectivity index (χ3v) is 4.80. The highest BCUT2D eigenvalue weighted by Gasteiger charge is 2.43. The number of carboxylic acids is 1. The van der Waals surface area contributed by atoms with Gasteiger partial charge < -0.3 is 15.7 Å². The SMILES string of the molecule is O=C1C[C@H](C(=O)NC2(C(=O)O)CCCCC2)c2ccccc2N1. The molecule has 1 heterocycles. The molecule has 122 valence electrons. The van der Waals surface area contributed by atoms with Crippen molar-refractivity contribution >= 4 is 23.5 Å². The van der Waals surface area contributed by atoms with Gasteiger partial charge in [-0.05, 0) is 24.5 Å². The fraction of sp³-hybridized carbons (Fsp3) is 0.471. The highest BCUT2D eigenvalue weighted by Crippen LogP contribution is 2.34. The Bertz CT molecular complexity index is 650. The van der Waals surface area contributed by atoms with Crippen molar-refractivity contribution in [2.75, 3.05) is 5.32 Å². The monoisotopic (exact) mass is 316 g/mol. The van der Waals surface area contributed by atoms with Gasteiger partial charge in [0.25, 0.3) is 0 Å². The van der Waals surface area contributed by atoms with Crippen LogP contribution >= 0.6 is 0 Å². The standard InChI is InChI=1S/C17H20N2O4/c20-14-10-12(11-6-2-3-7-13(11)18-14)15(21)19-17(16(22)23)8-4-1-5-9-17/h2-3,6-7,12H,1,4-5,8-10H2,(H,18,20)(H,19,21)(H,22,23)/t12-/m0/s1. The molecule has 2 aliphatic rings. The number of amides is 2. The number of rotatable bonds is 3. The summed E-state index contributed by atoms with van der Waals surface area (Å²) in [5, 5.41) is 15.1. The molecule has 23 heavy (non-hydrogen) atoms. The zero-order chi connectivity index (χ0) is 16.4. The Morgan fingerprint density at radius 2 is 1.87 bits per heavy atom. The predicted molar refractivity (Wildman–Crippen MR) is 84.0 cm³/mol. The fourth-order valence-corrected chi connectivity index (χ4v) is 3.52. The first-order valence-electron chi connectivity index (χ1n) is 7.96. The third-order valence-electron chi connectivity index (χ3n) is 4.80. The molecule has 0 bridgehead atoms. The first-order chi connectivity index (χ1) is 11.0. The van der Waals surface area contributed by atoms with E-state index in [-0.39, 0.29) is 18.2 Å². The fourth-order valence-electron chi connectivity index (χ4n) is 3.52. The predicted octanol–water partition coefficient (Wildman–Crippen LogP) is 2.02. The van der Waals surface area contributed by atoms with E-state index in [1.54, 1.807) is 18.2 Å². The lowest BCUT2D eigenvalue weighted by Crippen LogP contribution is -2.57. The lowest BCUT2D eigenvalue weighted by atomic mass is 9.80. The summed E-state index contributed by atoms with van der Waals surface area (Å²) in [5.74, 6) is -2.23. The van der Waals surface area contributed by atoms with E-state index in [0.29, 0.717) is 18.5 Å². The van der Waals surface area contributed by atoms with Crippen molar-refractivity contribution < 1.29 is 19.5 Å². The van der Waals surface area contributed by atoms with E-state index in [4.69, 9.17) is 0 Å². The van der Waals surface area contributed by atoms with Crippen LogP contribution < -0.4 is 10.6 Å². The molecule has 6 nitrogen and oxygen atoms in total. The van der Waals surface area contributed by atoms with Gasteiger partial charge in [-0.1, -0.05) is 37.5 Å². The molecule has 6 heteroatoms. The maximum Gasteiger partial charge on any atom is 0.329 e. The van der Waals surface area contributed by atoms with Gasteiger partial charge in [0.2, 0.25) is 11.8 Å². The van der Waals surface area contributed by atoms with E-state index >= 15 is 0 Å². The second kappa shape index (κ2) is 6.02. The zero-order valence-electron chi connectivity index (χ0n) is 12.8. The number of carbonyl (C=O) groups excluding carboxylic acids is 2. The summed E-state index contributed by atoms with van der Waals surface area (Å²) in [6.45, 7) is 0. The minimum atomic E-state index is -1.20. The number of benzene rings is 1. The quantitative estimate of drug-likeness (QED) is 0.795. The van der Waals surface area contributed by atoms with Crippen LogP contribution in [0.25, 0.3) is 0 Å². The van der Waals surface area contributed by atoms with Crippen LogP contribution in [0.2, 0.25) is 0 Å². The Morgan fingerprint density at radius 1 is 1.17 bits per heavy atom. The number of aliphatic carboxylic acids is 1. The highest BCUT2D eigenvalue weighted by molar-refractivity contribution is 6.02. The molecule has 1 aliphatic heterocycles. The lowest BCUT2D eigenvalue weighted by molar-refractivity contribution is -0.149. The van der Waals surface area contributed by atoms with E-state index in [0.717, 1.165) is 24.8 Å². The Kier molecular flexibility index (Phi) is 4.07. The number of carbonyl (C=O) groups is 3. The van der Waals surface area contributed by atoms with Crippen molar-refractivity contribution in [2.45, 2.75) is 50.0 Å². The number of hydrogen-bond acceptors (Lipinski definition) is 3. The number of carboxylic acid groups (broad SMARTS) is 1. The molecule has 3 N–H and O–H groups in total. The van der Waals surface area contributed by atoms with Crippen LogP contribution in [0.5, 0.6) is 0 Å². The van der Waals surface area contributed by atoms with Crippen LogP contribution in [-0.4, -0.2) is 28.4 Å². The summed E-state index contributed by atoms with van der Waals surface area (Å²) >= 11 is 0. The summed E-state index contributed by atoms with van der Waals surface area (Å²) in [5.41, 5.74) is 0.163. The molecule has 1 aliphatic carbocycles. The Morgan fingerprint density at radius 3 is 2.57 bits per heavy atom. The molecule has 1 aromatic carbocycles. The summed E-state index contributed by atoms with van der Waals surface area (Å²) in [7, 11) is 0. The maximum atomic E-state index is 12.7. The summed E-state index contributed by atoms with van der Waals surface area (Å²) < 4.78 is 0. The second-order valence-electron chi connectivity index (χ2n) is 6.33. The van der Waals surface area contributed by atoms with Crippen molar-refractivity contribution in [1.82, 2.24) is 5.32 Å². The van der Waals surface area contributed by atoms with Crippen LogP contribution in [0.1, 0.15) is 50.0 Å². The van der Waals surface area contributed by atoms with Crippen molar-refractivity contribution in [2.24, 2.45) is 0 Å². The van der Waals surface area contributed by atoms with E-state index < -0.39 is 17.4 Å². The topological polar surface area (TPSA) is 95.5 Å². The van der Waals surface area contributed by atoms with E-state index in [2.05, 4.69) is 10.6 Å². The average molecular weight is 316 g/mol. The minimum absolute atomic E-state index is 0.0402. The van der Waals surface area contributed by atoms with Crippen LogP contribution in [0, 0.1) is 0 Å². The molecule has 0 spiro atoms. The van der Waals surface area contributed by atoms with Gasteiger partial charge in [-0.25, -0.2) is 4.79 Å². The van der Waals surface area contributed by atoms with Crippen molar-refractivity contribution in [3.8, 4) is 0 Å². The van der Waals surface area contributed by atoms with Crippen LogP contribution in [0.4, 0.5) is 5.69 Å². The van der Waals surface area contributed by atoms with Crippen LogP contribution in [0.15, 0.2) is 24.3 Å². The Balaban J connectivity index is 1.85. The van der Waals surface area contributed by atoms with Gasteiger partial charge in [-0.3, -0.25) is 9.59 Å². The third kappa shape index (κ3) is 2.93. The van der Waals surface area contributed by atoms with E-state index in [1.165, 1.54) is 0 Å². The van der Waals surface area contributed by atoms with Gasteiger partial charge in [-0.2, -0.15) is 0 Å². The summed E-state index contributed by atoms with van der Waals surface area (Å²) in [4.78, 5) is 36.3. The molecule has 1 fully saturated rings. The number of anilines is 1. The van der Waals surface area contributed by atoms with Gasteiger partial charge in [0.15, 0.2) is 0 Å². The number of para-hydroxylation sites is 1. The number of fused-ring (bicyclic) bond motifs is 1. The average Bonchev–Trinajstić information content (AvgIpc) is 2.54. The molecular formula is C17H20N2O4. The Labute approximate surface area is 134 Å². The molecule has 1 saturated carbocycles. The highest BCUT2D eigenvalue weighted by atomic mass is 16.4. The maximum absolute atomic E-state index is 12.7. The van der Waals surface area contributed by atoms with Gasteiger partial charge in [0.05, 0.1) is 5.92 Å². The molecule has 0 saturated heterocycles. The molecule has 1 aromatic rings. The molecule has 3 rings (SSSR count). The van der Waals surface area contributed by atoms with Crippen molar-refractivity contribution in [1.29, 1.82) is 0 Å². The van der Waals surface area contributed by atoms with E-state index in [1.807, 2.05) is 6.07 Å². The largest absolute Gasteiger partial charge is 0.480 e. The molecule has 0 unspecified atom stereocenters. The van der Waals surface area contributed by atoms with Crippen LogP contribution in [-0.2, 0) is 14.4 Å². The van der Waals surface area contributed by atoms with Crippen molar-refractivity contribution in [3.05, 3.63) is 29.8 Å². The normalized spacial score (nSPS) is 22.6. The van der Waals surface area contributed by atoms with E-state index in [9.17, 15) is 19.5 Å². The van der Waals surface area contributed by atoms with Crippen molar-refractivity contribution in [3.63, 3.8) is 0 Å². The van der Waals surface area contributed by atoms with Gasteiger partial charge in [0.1, 0.15) is 5.54 Å². The van der Waals surface area contributed by atoms with Gasteiger partial charge >= 0.3 is 5.97 Å². The molecular weight excluding hydrogens is 296 g/mol. The molecule has 0 aromatic heterocycles. The first-order valence-corrected chi connectivity index (χ1v) is 7.96. The molecule has 1 atom stereocenters. The molecule has 2 amide bonds. The Hall–Kier alpha value is -2.37. The summed E-state index contributed by atoms with van der Waals surface area (Å²) in [6.07, 6.45) is 3.48. The summed E-state index contributed by atoms with van der Waals surface area (Å²) in [6, 6.07) is 7.15. The first kappa shape index (κ1) is 15.5. The number of hydrogen-bond donors (Lipinski definition) is 3. The smallest absolute Gasteiger partial charge is 0.329 e. The second-order valence-corrected chi connectivity index (χ2v) is 6.33. The number of nitrogens with one attached hydrogen (secondary N) is 2. The minimum Gasteiger partial charge on any atom is -0.480 e. The lowest BCUT2D eigenvalue weighted by Gasteiger charge is -2.36. The molecule has 0 radical (unpaired) electrons. The van der Waals surface area contributed by atoms with Gasteiger partial charge in [-0.15, -0.1) is 0 Å².